The maximum absolute atomic E-state index is 12.5. The smallest absolute Gasteiger partial charge is 0.259 e. The van der Waals surface area contributed by atoms with Crippen LogP contribution in [0, 0.1) is 0 Å². The molecule has 3 rings (SSSR count). The van der Waals surface area contributed by atoms with Crippen LogP contribution < -0.4 is 21.1 Å². The van der Waals surface area contributed by atoms with Crippen LogP contribution in [0.4, 0.5) is 11.5 Å². The zero-order chi connectivity index (χ0) is 16.9. The summed E-state index contributed by atoms with van der Waals surface area (Å²) in [7, 11) is 1.56. The van der Waals surface area contributed by atoms with Crippen LogP contribution in [0.5, 0.6) is 5.75 Å². The van der Waals surface area contributed by atoms with E-state index in [0.717, 1.165) is 31.6 Å². The molecule has 24 heavy (non-hydrogen) atoms. The molecular formula is C18H22N4O2. The molecule has 2 heterocycles. The van der Waals surface area contributed by atoms with Crippen LogP contribution in [0.2, 0.25) is 0 Å². The third-order valence-electron chi connectivity index (χ3n) is 4.30. The maximum atomic E-state index is 12.5. The second kappa shape index (κ2) is 7.31. The SMILES string of the molecule is COc1ccccc1NC(=O)c1ccc(C2CCNCC2)nc1N. The molecule has 6 heteroatoms. The number of nitrogens with one attached hydrogen (secondary N) is 2. The van der Waals surface area contributed by atoms with Gasteiger partial charge in [-0.2, -0.15) is 0 Å². The summed E-state index contributed by atoms with van der Waals surface area (Å²) in [5.74, 6) is 0.975. The number of amides is 1. The Morgan fingerprint density at radius 1 is 1.25 bits per heavy atom. The molecule has 1 aromatic carbocycles. The van der Waals surface area contributed by atoms with E-state index in [1.54, 1.807) is 25.3 Å². The lowest BCUT2D eigenvalue weighted by atomic mass is 9.94. The first-order valence-corrected chi connectivity index (χ1v) is 8.10. The Labute approximate surface area is 141 Å². The van der Waals surface area contributed by atoms with Gasteiger partial charge in [0.25, 0.3) is 5.91 Å². The summed E-state index contributed by atoms with van der Waals surface area (Å²) in [4.78, 5) is 17.0. The van der Waals surface area contributed by atoms with Gasteiger partial charge in [0.1, 0.15) is 11.6 Å². The third-order valence-corrected chi connectivity index (χ3v) is 4.30. The summed E-state index contributed by atoms with van der Waals surface area (Å²) in [5, 5.41) is 6.16. The Hall–Kier alpha value is -2.60. The number of nitrogen functional groups attached to an aromatic ring is 1. The number of carbonyl (C=O) groups excluding carboxylic acids is 1. The molecule has 0 bridgehead atoms. The largest absolute Gasteiger partial charge is 0.495 e. The van der Waals surface area contributed by atoms with Gasteiger partial charge in [-0.05, 0) is 50.2 Å². The summed E-state index contributed by atoms with van der Waals surface area (Å²) in [6.45, 7) is 1.98. The van der Waals surface area contributed by atoms with E-state index in [9.17, 15) is 4.79 Å². The number of rotatable bonds is 4. The molecule has 0 spiro atoms. The molecule has 1 amide bonds. The van der Waals surface area contributed by atoms with Gasteiger partial charge in [-0.25, -0.2) is 4.98 Å². The van der Waals surface area contributed by atoms with E-state index in [0.29, 0.717) is 22.9 Å². The number of methoxy groups -OCH3 is 1. The Balaban J connectivity index is 1.77. The van der Waals surface area contributed by atoms with Gasteiger partial charge in [-0.15, -0.1) is 0 Å². The van der Waals surface area contributed by atoms with Crippen molar-refractivity contribution in [3.63, 3.8) is 0 Å². The number of anilines is 2. The number of carbonyl (C=O) groups is 1. The minimum atomic E-state index is -0.290. The van der Waals surface area contributed by atoms with E-state index < -0.39 is 0 Å². The topological polar surface area (TPSA) is 89.3 Å². The Bertz CT molecular complexity index is 727. The first kappa shape index (κ1) is 16.3. The third kappa shape index (κ3) is 3.49. The van der Waals surface area contributed by atoms with Crippen molar-refractivity contribution in [2.75, 3.05) is 31.2 Å². The van der Waals surface area contributed by atoms with E-state index in [1.807, 2.05) is 18.2 Å². The van der Waals surface area contributed by atoms with Gasteiger partial charge in [0.2, 0.25) is 0 Å². The van der Waals surface area contributed by atoms with Crippen LogP contribution in [0.1, 0.15) is 34.8 Å². The summed E-state index contributed by atoms with van der Waals surface area (Å²) < 4.78 is 5.24. The molecule has 4 N–H and O–H groups in total. The first-order chi connectivity index (χ1) is 11.7. The molecule has 1 aliphatic heterocycles. The number of piperidine rings is 1. The second-order valence-corrected chi connectivity index (χ2v) is 5.85. The van der Waals surface area contributed by atoms with Gasteiger partial charge in [-0.3, -0.25) is 4.79 Å². The van der Waals surface area contributed by atoms with Crippen LogP contribution in [-0.4, -0.2) is 31.1 Å². The van der Waals surface area contributed by atoms with Crippen molar-refractivity contribution < 1.29 is 9.53 Å². The highest BCUT2D eigenvalue weighted by Gasteiger charge is 2.19. The fraction of sp³-hybridized carbons (Fsp3) is 0.333. The first-order valence-electron chi connectivity index (χ1n) is 8.10. The average Bonchev–Trinajstić information content (AvgIpc) is 2.62. The molecular weight excluding hydrogens is 304 g/mol. The van der Waals surface area contributed by atoms with Crippen molar-refractivity contribution >= 4 is 17.4 Å². The molecule has 2 aromatic rings. The van der Waals surface area contributed by atoms with Gasteiger partial charge in [0, 0.05) is 11.6 Å². The van der Waals surface area contributed by atoms with Crippen LogP contribution in [-0.2, 0) is 0 Å². The normalized spacial score (nSPS) is 15.0. The van der Waals surface area contributed by atoms with E-state index in [2.05, 4.69) is 15.6 Å². The number of nitrogens with zero attached hydrogens (tertiary/aromatic N) is 1. The fourth-order valence-electron chi connectivity index (χ4n) is 2.97. The van der Waals surface area contributed by atoms with Crippen LogP contribution in [0.3, 0.4) is 0 Å². The highest BCUT2D eigenvalue weighted by atomic mass is 16.5. The van der Waals surface area contributed by atoms with E-state index >= 15 is 0 Å². The number of nitrogens with two attached hydrogens (primary N) is 1. The zero-order valence-electron chi connectivity index (χ0n) is 13.7. The standard InChI is InChI=1S/C18H22N4O2/c1-24-16-5-3-2-4-15(16)22-18(23)13-6-7-14(21-17(13)19)12-8-10-20-11-9-12/h2-7,12,20H,8-11H2,1H3,(H2,19,21)(H,22,23). The van der Waals surface area contributed by atoms with Crippen LogP contribution in [0.15, 0.2) is 36.4 Å². The minimum absolute atomic E-state index is 0.262. The monoisotopic (exact) mass is 326 g/mol. The Morgan fingerprint density at radius 3 is 2.71 bits per heavy atom. The molecule has 1 aromatic heterocycles. The quantitative estimate of drug-likeness (QED) is 0.803. The number of ether oxygens (including phenoxy) is 1. The zero-order valence-corrected chi connectivity index (χ0v) is 13.7. The van der Waals surface area contributed by atoms with Crippen molar-refractivity contribution in [3.05, 3.63) is 47.7 Å². The van der Waals surface area contributed by atoms with Crippen molar-refractivity contribution in [1.82, 2.24) is 10.3 Å². The molecule has 1 saturated heterocycles. The summed E-state index contributed by atoms with van der Waals surface area (Å²) in [5.41, 5.74) is 7.97. The van der Waals surface area contributed by atoms with Crippen LogP contribution in [0.25, 0.3) is 0 Å². The van der Waals surface area contributed by atoms with Gasteiger partial charge in [0.05, 0.1) is 18.4 Å². The van der Waals surface area contributed by atoms with Crippen molar-refractivity contribution in [2.45, 2.75) is 18.8 Å². The number of pyridine rings is 1. The fourth-order valence-corrected chi connectivity index (χ4v) is 2.97. The predicted octanol–water partition coefficient (Wildman–Crippen LogP) is 2.39. The van der Waals surface area contributed by atoms with Crippen LogP contribution >= 0.6 is 0 Å². The van der Waals surface area contributed by atoms with Crippen molar-refractivity contribution in [2.24, 2.45) is 0 Å². The van der Waals surface area contributed by atoms with Gasteiger partial charge >= 0.3 is 0 Å². The van der Waals surface area contributed by atoms with Crippen molar-refractivity contribution in [3.8, 4) is 5.75 Å². The lowest BCUT2D eigenvalue weighted by Crippen LogP contribution is -2.27. The lowest BCUT2D eigenvalue weighted by Gasteiger charge is -2.22. The number of hydrogen-bond donors (Lipinski definition) is 3. The highest BCUT2D eigenvalue weighted by Crippen LogP contribution is 2.27. The summed E-state index contributed by atoms with van der Waals surface area (Å²) in [6.07, 6.45) is 2.08. The van der Waals surface area contributed by atoms with Gasteiger partial charge in [-0.1, -0.05) is 12.1 Å². The highest BCUT2D eigenvalue weighted by molar-refractivity contribution is 6.07. The number of para-hydroxylation sites is 2. The Kier molecular flexibility index (Phi) is 4.96. The van der Waals surface area contributed by atoms with E-state index in [4.69, 9.17) is 10.5 Å². The number of hydrogen-bond acceptors (Lipinski definition) is 5. The molecule has 0 aliphatic carbocycles. The Morgan fingerprint density at radius 2 is 2.00 bits per heavy atom. The molecule has 0 unspecified atom stereocenters. The molecule has 0 atom stereocenters. The summed E-state index contributed by atoms with van der Waals surface area (Å²) >= 11 is 0. The van der Waals surface area contributed by atoms with Crippen molar-refractivity contribution in [1.29, 1.82) is 0 Å². The average molecular weight is 326 g/mol. The molecule has 6 nitrogen and oxygen atoms in total. The van der Waals surface area contributed by atoms with Gasteiger partial charge < -0.3 is 21.1 Å². The minimum Gasteiger partial charge on any atom is -0.495 e. The second-order valence-electron chi connectivity index (χ2n) is 5.85. The maximum Gasteiger partial charge on any atom is 0.259 e. The number of aromatic nitrogens is 1. The summed E-state index contributed by atoms with van der Waals surface area (Å²) in [6, 6.07) is 10.9. The number of benzene rings is 1. The molecule has 1 aliphatic rings. The molecule has 126 valence electrons. The predicted molar refractivity (Wildman–Crippen MR) is 94.4 cm³/mol. The van der Waals surface area contributed by atoms with E-state index in [-0.39, 0.29) is 11.7 Å². The van der Waals surface area contributed by atoms with Gasteiger partial charge in [0.15, 0.2) is 0 Å². The van der Waals surface area contributed by atoms with E-state index in [1.165, 1.54) is 0 Å². The molecule has 1 fully saturated rings. The molecule has 0 radical (unpaired) electrons. The molecule has 0 saturated carbocycles. The lowest BCUT2D eigenvalue weighted by molar-refractivity contribution is 0.102.